The van der Waals surface area contributed by atoms with Crippen molar-refractivity contribution in [2.75, 3.05) is 13.2 Å². The molecule has 0 N–H and O–H groups in total. The van der Waals surface area contributed by atoms with Crippen molar-refractivity contribution in [3.05, 3.63) is 53.1 Å². The minimum absolute atomic E-state index is 0.291. The molecular formula is C17H19B2O4P. The first-order chi connectivity index (χ1) is 11.7. The molecule has 0 aliphatic carbocycles. The Morgan fingerprint density at radius 1 is 0.917 bits per heavy atom. The van der Waals surface area contributed by atoms with Crippen LogP contribution in [0, 0.1) is 6.92 Å². The lowest BCUT2D eigenvalue weighted by Crippen LogP contribution is -2.36. The van der Waals surface area contributed by atoms with E-state index in [1.54, 1.807) is 0 Å². The average Bonchev–Trinajstić information content (AvgIpc) is 3.15. The summed E-state index contributed by atoms with van der Waals surface area (Å²) in [5.41, 5.74) is 5.88. The molecule has 4 rings (SSSR count). The van der Waals surface area contributed by atoms with E-state index in [1.165, 1.54) is 16.7 Å². The third-order valence-electron chi connectivity index (χ3n) is 4.38. The highest BCUT2D eigenvalue weighted by molar-refractivity contribution is 7.27. The largest absolute Gasteiger partial charge is 0.494 e. The summed E-state index contributed by atoms with van der Waals surface area (Å²) in [6.07, 6.45) is 0. The molecule has 7 heteroatoms. The number of hydrogen-bond acceptors (Lipinski definition) is 4. The molecule has 24 heavy (non-hydrogen) atoms. The minimum Gasteiger partial charge on any atom is -0.405 e. The fraction of sp³-hybridized carbons (Fsp3) is 0.294. The van der Waals surface area contributed by atoms with Crippen molar-refractivity contribution in [1.82, 2.24) is 0 Å². The van der Waals surface area contributed by atoms with Gasteiger partial charge in [-0.3, -0.25) is 0 Å². The number of benzene rings is 2. The maximum absolute atomic E-state index is 5.83. The lowest BCUT2D eigenvalue weighted by atomic mass is 9.78. The van der Waals surface area contributed by atoms with E-state index in [-0.39, 0.29) is 14.2 Å². The molecular weight excluding hydrogens is 321 g/mol. The van der Waals surface area contributed by atoms with E-state index in [4.69, 9.17) is 18.6 Å². The van der Waals surface area contributed by atoms with E-state index in [1.807, 2.05) is 0 Å². The van der Waals surface area contributed by atoms with Gasteiger partial charge in [-0.25, -0.2) is 0 Å². The molecule has 2 aromatic carbocycles. The van der Waals surface area contributed by atoms with Crippen LogP contribution in [0.25, 0.3) is 0 Å². The summed E-state index contributed by atoms with van der Waals surface area (Å²) in [5, 5.41) is 1.16. The molecule has 2 heterocycles. The first-order valence-corrected chi connectivity index (χ1v) is 8.72. The molecule has 0 spiro atoms. The summed E-state index contributed by atoms with van der Waals surface area (Å²) in [6.45, 7) is 4.23. The second kappa shape index (κ2) is 6.99. The molecule has 2 aromatic rings. The Labute approximate surface area is 145 Å². The van der Waals surface area contributed by atoms with Gasteiger partial charge in [0.1, 0.15) is 0 Å². The highest BCUT2D eigenvalue weighted by Crippen LogP contribution is 2.14. The molecule has 2 aliphatic heterocycles. The van der Waals surface area contributed by atoms with Gasteiger partial charge in [-0.2, -0.15) is 0 Å². The van der Waals surface area contributed by atoms with Gasteiger partial charge in [0.2, 0.25) is 0 Å². The van der Waals surface area contributed by atoms with E-state index in [2.05, 4.69) is 52.6 Å². The van der Waals surface area contributed by atoms with E-state index in [0.717, 1.165) is 16.2 Å². The zero-order valence-corrected chi connectivity index (χ0v) is 14.8. The highest BCUT2D eigenvalue weighted by Gasteiger charge is 2.32. The van der Waals surface area contributed by atoms with Crippen molar-refractivity contribution in [2.24, 2.45) is 0 Å². The topological polar surface area (TPSA) is 36.9 Å². The van der Waals surface area contributed by atoms with Gasteiger partial charge in [-0.1, -0.05) is 35.9 Å². The zero-order chi connectivity index (χ0) is 16.5. The Morgan fingerprint density at radius 3 is 2.17 bits per heavy atom. The van der Waals surface area contributed by atoms with Crippen molar-refractivity contribution in [3.8, 4) is 0 Å². The number of rotatable bonds is 5. The summed E-state index contributed by atoms with van der Waals surface area (Å²) in [7, 11) is 2.11. The van der Waals surface area contributed by atoms with E-state index < -0.39 is 0 Å². The standard InChI is InChI=1S/C17H19B2O4P/c1-12-2-4-16-13(8-12)10-22-18(16)20-6-7-21-19-17-5-3-15(24)9-14(17)11-23-19/h2-5,8-9H,6-7,10-11,24H2,1H3. The van der Waals surface area contributed by atoms with Gasteiger partial charge in [-0.15, -0.1) is 9.24 Å². The highest BCUT2D eigenvalue weighted by atomic mass is 31.0. The SMILES string of the molecule is Cc1ccc2c(c1)COB2OCCOB1OCc2cc(P)ccc21. The van der Waals surface area contributed by atoms with Crippen LogP contribution in [0.1, 0.15) is 16.7 Å². The van der Waals surface area contributed by atoms with Crippen LogP contribution < -0.4 is 16.2 Å². The van der Waals surface area contributed by atoms with Crippen LogP contribution in [0.15, 0.2) is 36.4 Å². The fourth-order valence-corrected chi connectivity index (χ4v) is 3.46. The maximum atomic E-state index is 5.83. The van der Waals surface area contributed by atoms with Crippen molar-refractivity contribution in [2.45, 2.75) is 20.1 Å². The quantitative estimate of drug-likeness (QED) is 0.456. The molecule has 4 nitrogen and oxygen atoms in total. The fourth-order valence-electron chi connectivity index (χ4n) is 3.17. The zero-order valence-electron chi connectivity index (χ0n) is 13.7. The van der Waals surface area contributed by atoms with E-state index >= 15 is 0 Å². The maximum Gasteiger partial charge on any atom is 0.494 e. The van der Waals surface area contributed by atoms with E-state index in [9.17, 15) is 0 Å². The molecule has 1 unspecified atom stereocenters. The van der Waals surface area contributed by atoms with Crippen molar-refractivity contribution >= 4 is 39.7 Å². The summed E-state index contributed by atoms with van der Waals surface area (Å²) >= 11 is 0. The molecule has 0 bridgehead atoms. The van der Waals surface area contributed by atoms with Crippen LogP contribution in [0.2, 0.25) is 0 Å². The third kappa shape index (κ3) is 3.30. The lowest BCUT2D eigenvalue weighted by Gasteiger charge is -2.11. The summed E-state index contributed by atoms with van der Waals surface area (Å²) in [5.74, 6) is 0. The summed E-state index contributed by atoms with van der Waals surface area (Å²) < 4.78 is 23.1. The monoisotopic (exact) mass is 340 g/mol. The predicted octanol–water partition coefficient (Wildman–Crippen LogP) is 0.680. The summed E-state index contributed by atoms with van der Waals surface area (Å²) in [6, 6.07) is 12.6. The Bertz CT molecular complexity index is 692. The number of aryl methyl sites for hydroxylation is 1. The molecule has 0 fully saturated rings. The van der Waals surface area contributed by atoms with Gasteiger partial charge in [0.05, 0.1) is 26.4 Å². The molecule has 1 atom stereocenters. The molecule has 0 aromatic heterocycles. The first kappa shape index (κ1) is 16.3. The lowest BCUT2D eigenvalue weighted by molar-refractivity contribution is 0.149. The second-order valence-electron chi connectivity index (χ2n) is 6.19. The van der Waals surface area contributed by atoms with Gasteiger partial charge >= 0.3 is 14.2 Å². The van der Waals surface area contributed by atoms with Gasteiger partial charge < -0.3 is 18.6 Å². The molecule has 0 saturated carbocycles. The van der Waals surface area contributed by atoms with Crippen LogP contribution in [-0.4, -0.2) is 27.5 Å². The van der Waals surface area contributed by atoms with Crippen molar-refractivity contribution in [3.63, 3.8) is 0 Å². The van der Waals surface area contributed by atoms with Gasteiger partial charge in [-0.05, 0) is 40.3 Å². The van der Waals surface area contributed by atoms with Crippen LogP contribution in [-0.2, 0) is 31.8 Å². The normalized spacial score (nSPS) is 15.8. The Balaban J connectivity index is 1.28. The van der Waals surface area contributed by atoms with Crippen LogP contribution >= 0.6 is 9.24 Å². The van der Waals surface area contributed by atoms with Crippen molar-refractivity contribution < 1.29 is 18.6 Å². The van der Waals surface area contributed by atoms with Crippen LogP contribution in [0.4, 0.5) is 0 Å². The molecule has 122 valence electrons. The Hall–Kier alpha value is -1.16. The van der Waals surface area contributed by atoms with Gasteiger partial charge in [0.15, 0.2) is 0 Å². The summed E-state index contributed by atoms with van der Waals surface area (Å²) in [4.78, 5) is 0. The predicted molar refractivity (Wildman–Crippen MR) is 99.2 cm³/mol. The van der Waals surface area contributed by atoms with E-state index in [0.29, 0.717) is 26.4 Å². The van der Waals surface area contributed by atoms with Crippen LogP contribution in [0.3, 0.4) is 0 Å². The van der Waals surface area contributed by atoms with Crippen molar-refractivity contribution in [1.29, 1.82) is 0 Å². The number of fused-ring (bicyclic) bond motifs is 2. The van der Waals surface area contributed by atoms with Gasteiger partial charge in [0.25, 0.3) is 0 Å². The second-order valence-corrected chi connectivity index (χ2v) is 6.85. The number of hydrogen-bond donors (Lipinski definition) is 0. The molecule has 0 saturated heterocycles. The Kier molecular flexibility index (Phi) is 4.75. The third-order valence-corrected chi connectivity index (χ3v) is 4.73. The minimum atomic E-state index is -0.298. The average molecular weight is 340 g/mol. The van der Waals surface area contributed by atoms with Gasteiger partial charge in [0, 0.05) is 0 Å². The first-order valence-electron chi connectivity index (χ1n) is 8.15. The molecule has 2 aliphatic rings. The molecule has 0 radical (unpaired) electrons. The van der Waals surface area contributed by atoms with Crippen LogP contribution in [0.5, 0.6) is 0 Å². The Morgan fingerprint density at radius 2 is 1.50 bits per heavy atom. The smallest absolute Gasteiger partial charge is 0.405 e. The molecule has 0 amide bonds.